The van der Waals surface area contributed by atoms with Crippen LogP contribution in [0.15, 0.2) is 65.6 Å². The molecule has 2 rings (SSSR count). The molecule has 2 N–H and O–H groups in total. The largest absolute Gasteiger partial charge is 0.392 e. The van der Waals surface area contributed by atoms with E-state index in [4.69, 9.17) is 0 Å². The molecule has 0 fully saturated rings. The lowest BCUT2D eigenvalue weighted by molar-refractivity contribution is -0.116. The number of carbonyl (C=O) groups is 1. The van der Waals surface area contributed by atoms with Crippen LogP contribution in [0.1, 0.15) is 26.7 Å². The van der Waals surface area contributed by atoms with Crippen LogP contribution in [0.5, 0.6) is 0 Å². The zero-order valence-corrected chi connectivity index (χ0v) is 15.8. The van der Waals surface area contributed by atoms with E-state index in [1.807, 2.05) is 19.9 Å². The van der Waals surface area contributed by atoms with E-state index in [0.717, 1.165) is 0 Å². The summed E-state index contributed by atoms with van der Waals surface area (Å²) in [7, 11) is -3.84. The summed E-state index contributed by atoms with van der Waals surface area (Å²) in [5.74, 6) is -0.334. The maximum absolute atomic E-state index is 13.0. The minimum atomic E-state index is -3.84. The zero-order valence-electron chi connectivity index (χ0n) is 15.0. The second-order valence-corrected chi connectivity index (χ2v) is 8.88. The summed E-state index contributed by atoms with van der Waals surface area (Å²) in [5.41, 5.74) is 0.590. The highest BCUT2D eigenvalue weighted by atomic mass is 32.2. The van der Waals surface area contributed by atoms with Gasteiger partial charge in [-0.15, -0.1) is 0 Å². The summed E-state index contributed by atoms with van der Waals surface area (Å²) in [6, 6.07) is 16.8. The minimum Gasteiger partial charge on any atom is -0.392 e. The van der Waals surface area contributed by atoms with Crippen molar-refractivity contribution in [1.82, 2.24) is 0 Å². The lowest BCUT2D eigenvalue weighted by Crippen LogP contribution is -2.38. The van der Waals surface area contributed by atoms with E-state index >= 15 is 0 Å². The van der Waals surface area contributed by atoms with Crippen molar-refractivity contribution in [1.29, 1.82) is 0 Å². The van der Waals surface area contributed by atoms with Gasteiger partial charge in [-0.25, -0.2) is 8.42 Å². The molecular formula is C20H25NO4S. The van der Waals surface area contributed by atoms with Gasteiger partial charge in [-0.2, -0.15) is 0 Å². The van der Waals surface area contributed by atoms with Crippen molar-refractivity contribution in [3.63, 3.8) is 0 Å². The van der Waals surface area contributed by atoms with Crippen molar-refractivity contribution >= 4 is 21.4 Å². The van der Waals surface area contributed by atoms with Gasteiger partial charge in [0, 0.05) is 12.1 Å². The Hall–Kier alpha value is -2.18. The van der Waals surface area contributed by atoms with E-state index in [1.54, 1.807) is 42.5 Å². The molecule has 2 aromatic carbocycles. The number of carbonyl (C=O) groups excluding carboxylic acids is 1. The highest BCUT2D eigenvalue weighted by Crippen LogP contribution is 2.24. The second kappa shape index (κ2) is 8.96. The normalized spacial score (nSPS) is 14.0. The first kappa shape index (κ1) is 20.1. The average Bonchev–Trinajstić information content (AvgIpc) is 2.60. The van der Waals surface area contributed by atoms with Gasteiger partial charge in [-0.3, -0.25) is 4.79 Å². The molecular weight excluding hydrogens is 350 g/mol. The molecule has 5 nitrogen and oxygen atoms in total. The first-order chi connectivity index (χ1) is 12.3. The third kappa shape index (κ3) is 5.41. The Morgan fingerprint density at radius 1 is 1.00 bits per heavy atom. The third-order valence-electron chi connectivity index (χ3n) is 4.06. The van der Waals surface area contributed by atoms with Crippen molar-refractivity contribution < 1.29 is 18.3 Å². The van der Waals surface area contributed by atoms with Crippen LogP contribution >= 0.6 is 0 Å². The number of benzene rings is 2. The fourth-order valence-electron chi connectivity index (χ4n) is 2.79. The number of amides is 1. The molecule has 2 aromatic rings. The summed E-state index contributed by atoms with van der Waals surface area (Å²) >= 11 is 0. The van der Waals surface area contributed by atoms with E-state index in [1.165, 1.54) is 12.1 Å². The molecule has 0 bridgehead atoms. The smallest absolute Gasteiger partial charge is 0.225 e. The molecule has 0 radical (unpaired) electrons. The van der Waals surface area contributed by atoms with Crippen molar-refractivity contribution in [2.24, 2.45) is 5.92 Å². The first-order valence-electron chi connectivity index (χ1n) is 8.62. The SMILES string of the molecule is CC(C)C[C@H](O)[C@H](CC(=O)Nc1ccccc1)S(=O)(=O)c1ccccc1. The highest BCUT2D eigenvalue weighted by Gasteiger charge is 2.35. The number of sulfone groups is 1. The number of aliphatic hydroxyl groups is 1. The summed E-state index contributed by atoms with van der Waals surface area (Å²) in [6.07, 6.45) is -1.13. The van der Waals surface area contributed by atoms with Crippen LogP contribution in [0, 0.1) is 5.92 Å². The summed E-state index contributed by atoms with van der Waals surface area (Å²) in [5, 5.41) is 12.0. The second-order valence-electron chi connectivity index (χ2n) is 6.71. The third-order valence-corrected chi connectivity index (χ3v) is 6.26. The number of aliphatic hydroxyl groups excluding tert-OH is 1. The Balaban J connectivity index is 2.25. The minimum absolute atomic E-state index is 0.107. The molecule has 0 unspecified atom stereocenters. The van der Waals surface area contributed by atoms with Gasteiger partial charge in [0.15, 0.2) is 9.84 Å². The fourth-order valence-corrected chi connectivity index (χ4v) is 4.57. The van der Waals surface area contributed by atoms with Gasteiger partial charge in [0.25, 0.3) is 0 Å². The number of rotatable bonds is 8. The summed E-state index contributed by atoms with van der Waals surface area (Å²) < 4.78 is 26.0. The van der Waals surface area contributed by atoms with Gasteiger partial charge in [0.2, 0.25) is 5.91 Å². The Bertz CT molecular complexity index is 804. The Morgan fingerprint density at radius 2 is 1.54 bits per heavy atom. The first-order valence-corrected chi connectivity index (χ1v) is 10.2. The van der Waals surface area contributed by atoms with Crippen LogP contribution in [0.25, 0.3) is 0 Å². The molecule has 0 aliphatic rings. The van der Waals surface area contributed by atoms with Crippen LogP contribution < -0.4 is 5.32 Å². The lowest BCUT2D eigenvalue weighted by Gasteiger charge is -2.24. The standard InChI is InChI=1S/C20H25NO4S/c1-15(2)13-18(22)19(26(24,25)17-11-7-4-8-12-17)14-20(23)21-16-9-5-3-6-10-16/h3-12,15,18-19,22H,13-14H2,1-2H3,(H,21,23)/t18-,19-/m0/s1. The maximum Gasteiger partial charge on any atom is 0.225 e. The summed E-state index contributed by atoms with van der Waals surface area (Å²) in [6.45, 7) is 3.80. The molecule has 0 heterocycles. The maximum atomic E-state index is 13.0. The molecule has 140 valence electrons. The quantitative estimate of drug-likeness (QED) is 0.742. The van der Waals surface area contributed by atoms with Gasteiger partial charge in [-0.05, 0) is 36.6 Å². The predicted molar refractivity (Wildman–Crippen MR) is 103 cm³/mol. The molecule has 26 heavy (non-hydrogen) atoms. The lowest BCUT2D eigenvalue weighted by atomic mass is 10.0. The molecule has 0 aliphatic carbocycles. The van der Waals surface area contributed by atoms with Crippen LogP contribution in [-0.2, 0) is 14.6 Å². The average molecular weight is 375 g/mol. The molecule has 0 saturated carbocycles. The van der Waals surface area contributed by atoms with Gasteiger partial charge >= 0.3 is 0 Å². The fraction of sp³-hybridized carbons (Fsp3) is 0.350. The number of para-hydroxylation sites is 1. The van der Waals surface area contributed by atoms with Crippen molar-refractivity contribution in [3.8, 4) is 0 Å². The molecule has 6 heteroatoms. The van der Waals surface area contributed by atoms with Crippen LogP contribution in [0.2, 0.25) is 0 Å². The van der Waals surface area contributed by atoms with Crippen LogP contribution in [0.4, 0.5) is 5.69 Å². The van der Waals surface area contributed by atoms with Gasteiger partial charge in [-0.1, -0.05) is 50.2 Å². The van der Waals surface area contributed by atoms with Crippen molar-refractivity contribution in [2.45, 2.75) is 42.9 Å². The van der Waals surface area contributed by atoms with E-state index in [9.17, 15) is 18.3 Å². The van der Waals surface area contributed by atoms with Crippen LogP contribution in [0.3, 0.4) is 0 Å². The molecule has 0 aromatic heterocycles. The highest BCUT2D eigenvalue weighted by molar-refractivity contribution is 7.92. The van der Waals surface area contributed by atoms with E-state index in [0.29, 0.717) is 12.1 Å². The van der Waals surface area contributed by atoms with Gasteiger partial charge in [0.05, 0.1) is 11.0 Å². The Labute approximate surface area is 155 Å². The van der Waals surface area contributed by atoms with Gasteiger partial charge in [0.1, 0.15) is 5.25 Å². The Morgan fingerprint density at radius 3 is 2.08 bits per heavy atom. The van der Waals surface area contributed by atoms with E-state index < -0.39 is 27.1 Å². The van der Waals surface area contributed by atoms with Gasteiger partial charge < -0.3 is 10.4 Å². The monoisotopic (exact) mass is 375 g/mol. The molecule has 0 saturated heterocycles. The zero-order chi connectivity index (χ0) is 19.2. The molecule has 1 amide bonds. The van der Waals surface area contributed by atoms with Crippen molar-refractivity contribution in [2.75, 3.05) is 5.32 Å². The number of nitrogens with one attached hydrogen (secondary N) is 1. The van der Waals surface area contributed by atoms with E-state index in [-0.39, 0.29) is 17.2 Å². The Kier molecular flexibility index (Phi) is 6.94. The molecule has 0 spiro atoms. The molecule has 2 atom stereocenters. The predicted octanol–water partition coefficient (Wildman–Crippen LogP) is 3.26. The number of anilines is 1. The molecule has 0 aliphatic heterocycles. The van der Waals surface area contributed by atoms with Crippen LogP contribution in [-0.4, -0.2) is 30.8 Å². The topological polar surface area (TPSA) is 83.5 Å². The van der Waals surface area contributed by atoms with E-state index in [2.05, 4.69) is 5.32 Å². The summed E-state index contributed by atoms with van der Waals surface area (Å²) in [4.78, 5) is 12.5. The number of hydrogen-bond donors (Lipinski definition) is 2. The van der Waals surface area contributed by atoms with Crippen molar-refractivity contribution in [3.05, 3.63) is 60.7 Å². The number of hydrogen-bond acceptors (Lipinski definition) is 4.